The molecule has 0 aromatic heterocycles. The maximum absolute atomic E-state index is 12.7. The maximum atomic E-state index is 12.7. The quantitative estimate of drug-likeness (QED) is 0.532. The summed E-state index contributed by atoms with van der Waals surface area (Å²) in [6, 6.07) is 24.0. The first-order chi connectivity index (χ1) is 12.3. The number of rotatable bonds is 7. The van der Waals surface area contributed by atoms with Gasteiger partial charge in [-0.15, -0.1) is 0 Å². The van der Waals surface area contributed by atoms with Gasteiger partial charge in [0.25, 0.3) is 0 Å². The number of methoxy groups -OCH3 is 1. The van der Waals surface area contributed by atoms with Gasteiger partial charge in [0, 0.05) is 19.1 Å². The number of Topliss-reactive ketones (excluding diaryl/α,β-unsaturated/α-hetero) is 1. The van der Waals surface area contributed by atoms with Crippen molar-refractivity contribution in [1.82, 2.24) is 0 Å². The molecule has 0 aliphatic heterocycles. The molecule has 0 saturated heterocycles. The number of hydrogen-bond acceptors (Lipinski definition) is 2. The lowest BCUT2D eigenvalue weighted by molar-refractivity contribution is 0.0927. The van der Waals surface area contributed by atoms with Crippen molar-refractivity contribution < 1.29 is 9.53 Å². The van der Waals surface area contributed by atoms with E-state index in [9.17, 15) is 4.79 Å². The van der Waals surface area contributed by atoms with Gasteiger partial charge < -0.3 is 4.74 Å². The zero-order valence-electron chi connectivity index (χ0n) is 14.4. The Balaban J connectivity index is 1.67. The van der Waals surface area contributed by atoms with Crippen molar-refractivity contribution in [3.8, 4) is 0 Å². The molecule has 1 atom stereocenters. The Morgan fingerprint density at radius 3 is 2.48 bits per heavy atom. The van der Waals surface area contributed by atoms with Gasteiger partial charge in [-0.25, -0.2) is 0 Å². The minimum Gasteiger partial charge on any atom is -0.377 e. The van der Waals surface area contributed by atoms with Crippen LogP contribution in [0.1, 0.15) is 28.8 Å². The highest BCUT2D eigenvalue weighted by molar-refractivity contribution is 6.08. The Hall–Kier alpha value is -2.71. The first kappa shape index (κ1) is 17.1. The fourth-order valence-electron chi connectivity index (χ4n) is 2.95. The number of carbonyl (C=O) groups is 1. The van der Waals surface area contributed by atoms with E-state index in [-0.39, 0.29) is 11.9 Å². The molecule has 3 aromatic rings. The van der Waals surface area contributed by atoms with Crippen molar-refractivity contribution in [2.75, 3.05) is 7.11 Å². The molecule has 0 fully saturated rings. The number of carbonyl (C=O) groups excluding carboxylic acids is 1. The van der Waals surface area contributed by atoms with Gasteiger partial charge in [-0.05, 0) is 22.8 Å². The van der Waals surface area contributed by atoms with Crippen LogP contribution in [0.4, 0.5) is 0 Å². The SMILES string of the molecule is COC(/C=C/c1ccccc1)CCC(=O)c1cccc2ccccc12. The third-order valence-electron chi connectivity index (χ3n) is 4.35. The number of benzene rings is 3. The molecule has 0 aliphatic carbocycles. The number of ketones is 1. The van der Waals surface area contributed by atoms with Crippen LogP contribution in [0.2, 0.25) is 0 Å². The molecule has 0 spiro atoms. The third kappa shape index (κ3) is 4.43. The van der Waals surface area contributed by atoms with Crippen molar-refractivity contribution in [2.24, 2.45) is 0 Å². The third-order valence-corrected chi connectivity index (χ3v) is 4.35. The maximum Gasteiger partial charge on any atom is 0.163 e. The molecule has 3 aromatic carbocycles. The summed E-state index contributed by atoms with van der Waals surface area (Å²) in [5.41, 5.74) is 1.92. The molecular weight excluding hydrogens is 308 g/mol. The summed E-state index contributed by atoms with van der Waals surface area (Å²) >= 11 is 0. The lowest BCUT2D eigenvalue weighted by Gasteiger charge is -2.11. The highest BCUT2D eigenvalue weighted by Gasteiger charge is 2.12. The molecule has 1 unspecified atom stereocenters. The first-order valence-electron chi connectivity index (χ1n) is 8.55. The average Bonchev–Trinajstić information content (AvgIpc) is 2.68. The molecule has 0 heterocycles. The zero-order chi connectivity index (χ0) is 17.5. The fourth-order valence-corrected chi connectivity index (χ4v) is 2.95. The van der Waals surface area contributed by atoms with Crippen LogP contribution in [-0.4, -0.2) is 19.0 Å². The molecular formula is C23H22O2. The van der Waals surface area contributed by atoms with E-state index in [1.165, 1.54) is 0 Å². The summed E-state index contributed by atoms with van der Waals surface area (Å²) in [5.74, 6) is 0.159. The summed E-state index contributed by atoms with van der Waals surface area (Å²) < 4.78 is 5.51. The molecule has 0 aliphatic rings. The molecule has 0 amide bonds. The number of hydrogen-bond donors (Lipinski definition) is 0. The molecule has 0 saturated carbocycles. The van der Waals surface area contributed by atoms with Crippen LogP contribution in [0.5, 0.6) is 0 Å². The van der Waals surface area contributed by atoms with Crippen molar-refractivity contribution in [3.05, 3.63) is 90.0 Å². The Kier molecular flexibility index (Phi) is 5.76. The van der Waals surface area contributed by atoms with E-state index in [4.69, 9.17) is 4.74 Å². The highest BCUT2D eigenvalue weighted by Crippen LogP contribution is 2.21. The van der Waals surface area contributed by atoms with Gasteiger partial charge in [0.05, 0.1) is 6.10 Å². The minimum atomic E-state index is -0.0702. The van der Waals surface area contributed by atoms with Crippen LogP contribution in [0.25, 0.3) is 16.8 Å². The predicted molar refractivity (Wildman–Crippen MR) is 104 cm³/mol. The minimum absolute atomic E-state index is 0.0702. The summed E-state index contributed by atoms with van der Waals surface area (Å²) in [4.78, 5) is 12.7. The van der Waals surface area contributed by atoms with Crippen LogP contribution < -0.4 is 0 Å². The molecule has 0 radical (unpaired) electrons. The van der Waals surface area contributed by atoms with Crippen LogP contribution in [-0.2, 0) is 4.74 Å². The molecule has 0 N–H and O–H groups in total. The van der Waals surface area contributed by atoms with Crippen LogP contribution in [0, 0.1) is 0 Å². The van der Waals surface area contributed by atoms with E-state index in [0.29, 0.717) is 12.8 Å². The summed E-state index contributed by atoms with van der Waals surface area (Å²) in [6.45, 7) is 0. The van der Waals surface area contributed by atoms with Gasteiger partial charge in [0.15, 0.2) is 5.78 Å². The number of ether oxygens (including phenoxy) is 1. The van der Waals surface area contributed by atoms with Gasteiger partial charge in [-0.1, -0.05) is 84.9 Å². The summed E-state index contributed by atoms with van der Waals surface area (Å²) in [7, 11) is 1.68. The van der Waals surface area contributed by atoms with E-state index in [2.05, 4.69) is 0 Å². The highest BCUT2D eigenvalue weighted by atomic mass is 16.5. The second-order valence-corrected chi connectivity index (χ2v) is 6.03. The van der Waals surface area contributed by atoms with Crippen molar-refractivity contribution in [2.45, 2.75) is 18.9 Å². The standard InChI is InChI=1S/C23H22O2/c1-25-20(15-14-18-8-3-2-4-9-18)16-17-23(24)22-13-7-11-19-10-5-6-12-21(19)22/h2-15,20H,16-17H2,1H3/b15-14+. The predicted octanol–water partition coefficient (Wildman–Crippen LogP) is 5.53. The molecule has 25 heavy (non-hydrogen) atoms. The summed E-state index contributed by atoms with van der Waals surface area (Å²) in [5, 5.41) is 2.12. The van der Waals surface area contributed by atoms with Crippen LogP contribution >= 0.6 is 0 Å². The molecule has 3 rings (SSSR count). The van der Waals surface area contributed by atoms with Gasteiger partial charge >= 0.3 is 0 Å². The van der Waals surface area contributed by atoms with Gasteiger partial charge in [0.1, 0.15) is 0 Å². The van der Waals surface area contributed by atoms with E-state index in [1.807, 2.05) is 84.9 Å². The van der Waals surface area contributed by atoms with Crippen LogP contribution in [0.15, 0.2) is 78.9 Å². The summed E-state index contributed by atoms with van der Waals surface area (Å²) in [6.07, 6.45) is 5.12. The zero-order valence-corrected chi connectivity index (χ0v) is 14.4. The van der Waals surface area contributed by atoms with E-state index in [1.54, 1.807) is 7.11 Å². The van der Waals surface area contributed by atoms with Crippen molar-refractivity contribution in [1.29, 1.82) is 0 Å². The van der Waals surface area contributed by atoms with Crippen molar-refractivity contribution in [3.63, 3.8) is 0 Å². The fraction of sp³-hybridized carbons (Fsp3) is 0.174. The molecule has 2 heteroatoms. The van der Waals surface area contributed by atoms with E-state index in [0.717, 1.165) is 21.9 Å². The lowest BCUT2D eigenvalue weighted by atomic mass is 9.98. The average molecular weight is 330 g/mol. The lowest BCUT2D eigenvalue weighted by Crippen LogP contribution is -2.10. The van der Waals surface area contributed by atoms with Gasteiger partial charge in [-0.2, -0.15) is 0 Å². The van der Waals surface area contributed by atoms with E-state index < -0.39 is 0 Å². The molecule has 2 nitrogen and oxygen atoms in total. The number of fused-ring (bicyclic) bond motifs is 1. The molecule has 126 valence electrons. The largest absolute Gasteiger partial charge is 0.377 e. The van der Waals surface area contributed by atoms with Crippen molar-refractivity contribution >= 4 is 22.6 Å². The topological polar surface area (TPSA) is 26.3 Å². The first-order valence-corrected chi connectivity index (χ1v) is 8.55. The Morgan fingerprint density at radius 1 is 0.960 bits per heavy atom. The normalized spacial score (nSPS) is 12.5. The van der Waals surface area contributed by atoms with Crippen LogP contribution in [0.3, 0.4) is 0 Å². The Morgan fingerprint density at radius 2 is 1.68 bits per heavy atom. The Labute approximate surface area is 148 Å². The Bertz CT molecular complexity index is 860. The second-order valence-electron chi connectivity index (χ2n) is 6.03. The monoisotopic (exact) mass is 330 g/mol. The van der Waals surface area contributed by atoms with Gasteiger partial charge in [-0.3, -0.25) is 4.79 Å². The van der Waals surface area contributed by atoms with Gasteiger partial charge in [0.2, 0.25) is 0 Å². The second kappa shape index (κ2) is 8.41. The van der Waals surface area contributed by atoms with E-state index >= 15 is 0 Å². The smallest absolute Gasteiger partial charge is 0.163 e. The molecule has 0 bridgehead atoms.